The summed E-state index contributed by atoms with van der Waals surface area (Å²) in [6.07, 6.45) is 8.45. The molecule has 3 atom stereocenters. The van der Waals surface area contributed by atoms with E-state index in [4.69, 9.17) is 4.74 Å². The van der Waals surface area contributed by atoms with Crippen LogP contribution in [0.1, 0.15) is 32.1 Å². The Labute approximate surface area is 84.3 Å². The Morgan fingerprint density at radius 2 is 2.36 bits per heavy atom. The van der Waals surface area contributed by atoms with E-state index in [2.05, 4.69) is 6.08 Å². The average Bonchev–Trinajstić information content (AvgIpc) is 2.57. The van der Waals surface area contributed by atoms with Crippen molar-refractivity contribution >= 4 is 5.97 Å². The van der Waals surface area contributed by atoms with Crippen LogP contribution in [-0.2, 0) is 9.53 Å². The van der Waals surface area contributed by atoms with Gasteiger partial charge in [0.1, 0.15) is 0 Å². The largest absolute Gasteiger partial charge is 0.465 e. The van der Waals surface area contributed by atoms with Crippen LogP contribution >= 0.6 is 0 Å². The lowest BCUT2D eigenvalue weighted by molar-refractivity contribution is -0.141. The number of fused-ring (bicyclic) bond motifs is 2. The third-order valence-corrected chi connectivity index (χ3v) is 4.04. The second kappa shape index (κ2) is 3.11. The number of hydrogen-bond acceptors (Lipinski definition) is 2. The zero-order valence-electron chi connectivity index (χ0n) is 8.37. The van der Waals surface area contributed by atoms with E-state index in [1.54, 1.807) is 5.57 Å². The second-order valence-corrected chi connectivity index (χ2v) is 4.84. The summed E-state index contributed by atoms with van der Waals surface area (Å²) in [4.78, 5) is 11.4. The molecule has 2 fully saturated rings. The third-order valence-electron chi connectivity index (χ3n) is 4.04. The van der Waals surface area contributed by atoms with Gasteiger partial charge in [0.25, 0.3) is 0 Å². The number of hydrogen-bond donors (Lipinski definition) is 0. The number of rotatable bonds is 0. The molecule has 0 radical (unpaired) electrons. The molecule has 0 aromatic carbocycles. The quantitative estimate of drug-likeness (QED) is 0.435. The first kappa shape index (κ1) is 8.51. The first-order chi connectivity index (χ1) is 6.84. The molecule has 2 heteroatoms. The molecule has 0 N–H and O–H groups in total. The summed E-state index contributed by atoms with van der Waals surface area (Å²) in [6.45, 7) is 0.688. The van der Waals surface area contributed by atoms with Crippen molar-refractivity contribution in [1.29, 1.82) is 0 Å². The van der Waals surface area contributed by atoms with Crippen molar-refractivity contribution in [2.24, 2.45) is 17.8 Å². The molecule has 2 nitrogen and oxygen atoms in total. The maximum Gasteiger partial charge on any atom is 0.309 e. The molecule has 3 aliphatic rings. The lowest BCUT2D eigenvalue weighted by Gasteiger charge is -2.34. The predicted molar refractivity (Wildman–Crippen MR) is 52.6 cm³/mol. The molecule has 0 bridgehead atoms. The summed E-state index contributed by atoms with van der Waals surface area (Å²) in [5.41, 5.74) is 1.55. The van der Waals surface area contributed by atoms with E-state index in [0.29, 0.717) is 12.5 Å². The van der Waals surface area contributed by atoms with Crippen molar-refractivity contribution in [3.05, 3.63) is 11.6 Å². The van der Waals surface area contributed by atoms with E-state index in [9.17, 15) is 4.79 Å². The molecule has 1 saturated heterocycles. The van der Waals surface area contributed by atoms with Crippen LogP contribution in [0.5, 0.6) is 0 Å². The molecule has 3 unspecified atom stereocenters. The Hall–Kier alpha value is -0.790. The highest BCUT2D eigenvalue weighted by Crippen LogP contribution is 2.45. The van der Waals surface area contributed by atoms with Crippen LogP contribution in [0.15, 0.2) is 11.6 Å². The topological polar surface area (TPSA) is 26.3 Å². The summed E-state index contributed by atoms with van der Waals surface area (Å²) in [5.74, 6) is 1.57. The van der Waals surface area contributed by atoms with Crippen LogP contribution in [0.3, 0.4) is 0 Å². The Morgan fingerprint density at radius 1 is 1.43 bits per heavy atom. The van der Waals surface area contributed by atoms with E-state index in [-0.39, 0.29) is 11.9 Å². The number of allylic oxidation sites excluding steroid dienone is 2. The maximum absolute atomic E-state index is 11.4. The standard InChI is InChI=1S/C12H16O2/c13-12-11-6-9-4-2-1-3-8(9)5-10(11)7-14-12/h4,8,10-11H,1-3,5-7H2. The van der Waals surface area contributed by atoms with Crippen LogP contribution in [0, 0.1) is 17.8 Å². The maximum atomic E-state index is 11.4. The number of ether oxygens (including phenoxy) is 1. The number of esters is 1. The van der Waals surface area contributed by atoms with Crippen molar-refractivity contribution in [2.45, 2.75) is 32.1 Å². The number of cyclic esters (lactones) is 1. The van der Waals surface area contributed by atoms with Crippen LogP contribution in [-0.4, -0.2) is 12.6 Å². The van der Waals surface area contributed by atoms with Crippen LogP contribution in [0.25, 0.3) is 0 Å². The minimum atomic E-state index is 0.0555. The van der Waals surface area contributed by atoms with Gasteiger partial charge in [0.05, 0.1) is 12.5 Å². The number of carbonyl (C=O) groups is 1. The second-order valence-electron chi connectivity index (χ2n) is 4.84. The molecular formula is C12H16O2. The highest BCUT2D eigenvalue weighted by Gasteiger charge is 2.43. The summed E-state index contributed by atoms with van der Waals surface area (Å²) >= 11 is 0. The summed E-state index contributed by atoms with van der Waals surface area (Å²) in [7, 11) is 0. The van der Waals surface area contributed by atoms with Crippen LogP contribution < -0.4 is 0 Å². The van der Waals surface area contributed by atoms with Crippen molar-refractivity contribution in [2.75, 3.05) is 6.61 Å². The molecule has 0 aromatic heterocycles. The molecule has 1 saturated carbocycles. The molecular weight excluding hydrogens is 176 g/mol. The van der Waals surface area contributed by atoms with Gasteiger partial charge in [0.15, 0.2) is 0 Å². The minimum absolute atomic E-state index is 0.0555. The summed E-state index contributed by atoms with van der Waals surface area (Å²) in [5, 5.41) is 0. The highest BCUT2D eigenvalue weighted by molar-refractivity contribution is 5.75. The molecule has 0 spiro atoms. The zero-order chi connectivity index (χ0) is 9.54. The molecule has 1 aliphatic heterocycles. The SMILES string of the molecule is O=C1OCC2CC3CCCC=C3CC12. The lowest BCUT2D eigenvalue weighted by atomic mass is 9.69. The van der Waals surface area contributed by atoms with Gasteiger partial charge in [-0.25, -0.2) is 0 Å². The lowest BCUT2D eigenvalue weighted by Crippen LogP contribution is -2.28. The van der Waals surface area contributed by atoms with Crippen molar-refractivity contribution in [1.82, 2.24) is 0 Å². The molecule has 14 heavy (non-hydrogen) atoms. The fraction of sp³-hybridized carbons (Fsp3) is 0.750. The normalized spacial score (nSPS) is 41.0. The smallest absolute Gasteiger partial charge is 0.309 e. The molecule has 1 heterocycles. The average molecular weight is 192 g/mol. The highest BCUT2D eigenvalue weighted by atomic mass is 16.5. The molecule has 2 aliphatic carbocycles. The molecule has 76 valence electrons. The van der Waals surface area contributed by atoms with Gasteiger partial charge in [-0.05, 0) is 38.0 Å². The van der Waals surface area contributed by atoms with E-state index in [1.807, 2.05) is 0 Å². The van der Waals surface area contributed by atoms with E-state index >= 15 is 0 Å². The summed E-state index contributed by atoms with van der Waals surface area (Å²) in [6, 6.07) is 0. The fourth-order valence-electron chi connectivity index (χ4n) is 3.23. The van der Waals surface area contributed by atoms with E-state index in [1.165, 1.54) is 25.7 Å². The molecule has 3 rings (SSSR count). The Morgan fingerprint density at radius 3 is 3.29 bits per heavy atom. The van der Waals surface area contributed by atoms with Gasteiger partial charge < -0.3 is 4.74 Å². The number of carbonyl (C=O) groups excluding carboxylic acids is 1. The molecule has 0 aromatic rings. The van der Waals surface area contributed by atoms with E-state index < -0.39 is 0 Å². The van der Waals surface area contributed by atoms with Gasteiger partial charge in [-0.15, -0.1) is 0 Å². The van der Waals surface area contributed by atoms with E-state index in [0.717, 1.165) is 12.3 Å². The van der Waals surface area contributed by atoms with Crippen LogP contribution in [0.4, 0.5) is 0 Å². The third kappa shape index (κ3) is 1.20. The van der Waals surface area contributed by atoms with Crippen LogP contribution in [0.2, 0.25) is 0 Å². The van der Waals surface area contributed by atoms with Gasteiger partial charge in [0, 0.05) is 5.92 Å². The first-order valence-corrected chi connectivity index (χ1v) is 5.70. The predicted octanol–water partition coefficient (Wildman–Crippen LogP) is 2.30. The first-order valence-electron chi connectivity index (χ1n) is 5.70. The van der Waals surface area contributed by atoms with Crippen molar-refractivity contribution in [3.63, 3.8) is 0 Å². The summed E-state index contributed by atoms with van der Waals surface area (Å²) < 4.78 is 5.14. The zero-order valence-corrected chi connectivity index (χ0v) is 8.37. The fourth-order valence-corrected chi connectivity index (χ4v) is 3.23. The Balaban J connectivity index is 1.84. The van der Waals surface area contributed by atoms with Crippen molar-refractivity contribution < 1.29 is 9.53 Å². The van der Waals surface area contributed by atoms with Gasteiger partial charge in [0.2, 0.25) is 0 Å². The van der Waals surface area contributed by atoms with Crippen molar-refractivity contribution in [3.8, 4) is 0 Å². The minimum Gasteiger partial charge on any atom is -0.465 e. The van der Waals surface area contributed by atoms with Gasteiger partial charge in [-0.2, -0.15) is 0 Å². The monoisotopic (exact) mass is 192 g/mol. The van der Waals surface area contributed by atoms with Gasteiger partial charge in [-0.1, -0.05) is 11.6 Å². The van der Waals surface area contributed by atoms with Gasteiger partial charge in [-0.3, -0.25) is 4.79 Å². The molecule has 0 amide bonds. The van der Waals surface area contributed by atoms with Gasteiger partial charge >= 0.3 is 5.97 Å². The Kier molecular flexibility index (Phi) is 1.89. The Bertz CT molecular complexity index is 293.